The van der Waals surface area contributed by atoms with E-state index in [-0.39, 0.29) is 0 Å². The molecule has 19 heavy (non-hydrogen) atoms. The molecule has 0 spiro atoms. The molecule has 2 aromatic heterocycles. The van der Waals surface area contributed by atoms with Crippen LogP contribution in [0.2, 0.25) is 0 Å². The summed E-state index contributed by atoms with van der Waals surface area (Å²) in [5.41, 5.74) is 1.03. The molecule has 0 aliphatic heterocycles. The summed E-state index contributed by atoms with van der Waals surface area (Å²) in [5.74, 6) is 1.98. The summed E-state index contributed by atoms with van der Waals surface area (Å²) >= 11 is 8.72. The van der Waals surface area contributed by atoms with E-state index in [4.69, 9.17) is 0 Å². The quantitative estimate of drug-likeness (QED) is 0.752. The summed E-state index contributed by atoms with van der Waals surface area (Å²) in [6, 6.07) is 4.06. The molecule has 2 heterocycles. The number of thiophene rings is 1. The third kappa shape index (κ3) is 3.35. The zero-order valence-electron chi connectivity index (χ0n) is 11.0. The molecule has 0 atom stereocenters. The maximum atomic E-state index is 4.69. The lowest BCUT2D eigenvalue weighted by Gasteiger charge is -2.13. The van der Waals surface area contributed by atoms with Crippen LogP contribution in [-0.2, 0) is 0 Å². The molecule has 2 aromatic rings. The highest BCUT2D eigenvalue weighted by Crippen LogP contribution is 2.34. The van der Waals surface area contributed by atoms with Gasteiger partial charge in [0.05, 0.1) is 18.8 Å². The standard InChI is InChI=1S/C13H15Br2N3S/c1-4-16-13-10(15)11(7(2)3)17-12(18-13)8-5-6-9(14)19-8/h5-7H,4H2,1-3H3,(H,16,17,18). The summed E-state index contributed by atoms with van der Waals surface area (Å²) in [6.45, 7) is 7.17. The van der Waals surface area contributed by atoms with E-state index in [9.17, 15) is 0 Å². The summed E-state index contributed by atoms with van der Waals surface area (Å²) in [6.07, 6.45) is 0. The number of anilines is 1. The molecule has 0 saturated heterocycles. The Balaban J connectivity index is 2.55. The van der Waals surface area contributed by atoms with Gasteiger partial charge in [0.15, 0.2) is 5.82 Å². The molecule has 0 aromatic carbocycles. The van der Waals surface area contributed by atoms with E-state index in [1.54, 1.807) is 11.3 Å². The predicted molar refractivity (Wildman–Crippen MR) is 89.0 cm³/mol. The van der Waals surface area contributed by atoms with Crippen molar-refractivity contribution in [2.45, 2.75) is 26.7 Å². The maximum Gasteiger partial charge on any atom is 0.171 e. The van der Waals surface area contributed by atoms with Crippen molar-refractivity contribution in [2.75, 3.05) is 11.9 Å². The number of nitrogens with one attached hydrogen (secondary N) is 1. The first kappa shape index (κ1) is 14.9. The van der Waals surface area contributed by atoms with Crippen LogP contribution in [0, 0.1) is 0 Å². The second-order valence-corrected chi connectivity index (χ2v) is 7.64. The highest BCUT2D eigenvalue weighted by atomic mass is 79.9. The molecule has 1 N–H and O–H groups in total. The first-order chi connectivity index (χ1) is 9.02. The summed E-state index contributed by atoms with van der Waals surface area (Å²) in [5, 5.41) is 3.28. The van der Waals surface area contributed by atoms with Gasteiger partial charge in [-0.15, -0.1) is 11.3 Å². The van der Waals surface area contributed by atoms with Gasteiger partial charge in [0.2, 0.25) is 0 Å². The Bertz CT molecular complexity index is 581. The number of halogens is 2. The topological polar surface area (TPSA) is 37.8 Å². The first-order valence-electron chi connectivity index (χ1n) is 6.10. The molecule has 0 aliphatic carbocycles. The minimum atomic E-state index is 0.344. The first-order valence-corrected chi connectivity index (χ1v) is 8.50. The third-order valence-corrected chi connectivity index (χ3v) is 4.96. The lowest BCUT2D eigenvalue weighted by Crippen LogP contribution is -2.06. The van der Waals surface area contributed by atoms with Crippen molar-refractivity contribution in [3.63, 3.8) is 0 Å². The fraction of sp³-hybridized carbons (Fsp3) is 0.385. The van der Waals surface area contributed by atoms with Crippen LogP contribution in [-0.4, -0.2) is 16.5 Å². The number of rotatable bonds is 4. The Morgan fingerprint density at radius 2 is 2.00 bits per heavy atom. The lowest BCUT2D eigenvalue weighted by atomic mass is 10.1. The van der Waals surface area contributed by atoms with E-state index in [1.807, 2.05) is 12.1 Å². The SMILES string of the molecule is CCNc1nc(-c2ccc(Br)s2)nc(C(C)C)c1Br. The largest absolute Gasteiger partial charge is 0.369 e. The zero-order valence-corrected chi connectivity index (χ0v) is 15.0. The van der Waals surface area contributed by atoms with Gasteiger partial charge < -0.3 is 5.32 Å². The van der Waals surface area contributed by atoms with Crippen molar-refractivity contribution < 1.29 is 0 Å². The Labute approximate surface area is 134 Å². The monoisotopic (exact) mass is 403 g/mol. The van der Waals surface area contributed by atoms with Crippen LogP contribution in [0.15, 0.2) is 20.4 Å². The van der Waals surface area contributed by atoms with Crippen LogP contribution in [0.5, 0.6) is 0 Å². The van der Waals surface area contributed by atoms with Gasteiger partial charge in [0.1, 0.15) is 5.82 Å². The Hall–Kier alpha value is -0.460. The van der Waals surface area contributed by atoms with Crippen molar-refractivity contribution in [3.05, 3.63) is 26.1 Å². The van der Waals surface area contributed by atoms with E-state index in [2.05, 4.69) is 67.9 Å². The highest BCUT2D eigenvalue weighted by Gasteiger charge is 2.16. The minimum Gasteiger partial charge on any atom is -0.369 e. The van der Waals surface area contributed by atoms with Gasteiger partial charge in [-0.3, -0.25) is 0 Å². The molecule has 6 heteroatoms. The Morgan fingerprint density at radius 3 is 2.53 bits per heavy atom. The summed E-state index contributed by atoms with van der Waals surface area (Å²) in [7, 11) is 0. The van der Waals surface area contributed by atoms with Gasteiger partial charge in [-0.2, -0.15) is 0 Å². The third-order valence-electron chi connectivity index (χ3n) is 2.56. The van der Waals surface area contributed by atoms with Crippen molar-refractivity contribution in [1.82, 2.24) is 9.97 Å². The molecule has 0 unspecified atom stereocenters. The lowest BCUT2D eigenvalue weighted by molar-refractivity contribution is 0.810. The molecule has 0 aliphatic rings. The van der Waals surface area contributed by atoms with Crippen molar-refractivity contribution in [1.29, 1.82) is 0 Å². The van der Waals surface area contributed by atoms with E-state index >= 15 is 0 Å². The van der Waals surface area contributed by atoms with Gasteiger partial charge in [0.25, 0.3) is 0 Å². The van der Waals surface area contributed by atoms with Gasteiger partial charge in [-0.05, 0) is 56.8 Å². The van der Waals surface area contributed by atoms with E-state index in [0.717, 1.165) is 37.0 Å². The summed E-state index contributed by atoms with van der Waals surface area (Å²) < 4.78 is 2.05. The number of nitrogens with zero attached hydrogens (tertiary/aromatic N) is 2. The number of hydrogen-bond donors (Lipinski definition) is 1. The molecule has 0 saturated carbocycles. The molecular weight excluding hydrogens is 390 g/mol. The molecule has 0 fully saturated rings. The van der Waals surface area contributed by atoms with Crippen LogP contribution in [0.25, 0.3) is 10.7 Å². The molecule has 0 bridgehead atoms. The molecule has 0 radical (unpaired) electrons. The number of hydrogen-bond acceptors (Lipinski definition) is 4. The Kier molecular flexibility index (Phi) is 4.97. The molecule has 2 rings (SSSR count). The van der Waals surface area contributed by atoms with Crippen LogP contribution in [0.4, 0.5) is 5.82 Å². The van der Waals surface area contributed by atoms with Crippen molar-refractivity contribution in [2.24, 2.45) is 0 Å². The summed E-state index contributed by atoms with van der Waals surface area (Å²) in [4.78, 5) is 10.4. The van der Waals surface area contributed by atoms with Crippen LogP contribution >= 0.6 is 43.2 Å². The average molecular weight is 405 g/mol. The van der Waals surface area contributed by atoms with E-state index < -0.39 is 0 Å². The van der Waals surface area contributed by atoms with Gasteiger partial charge in [0, 0.05) is 6.54 Å². The van der Waals surface area contributed by atoms with Crippen molar-refractivity contribution >= 4 is 49.0 Å². The molecule has 0 amide bonds. The zero-order chi connectivity index (χ0) is 14.0. The normalized spacial score (nSPS) is 11.1. The molecule has 102 valence electrons. The van der Waals surface area contributed by atoms with Crippen LogP contribution in [0.3, 0.4) is 0 Å². The average Bonchev–Trinajstić information content (AvgIpc) is 2.78. The predicted octanol–water partition coefficient (Wildman–Crippen LogP) is 5.29. The van der Waals surface area contributed by atoms with Crippen LogP contribution in [0.1, 0.15) is 32.4 Å². The smallest absolute Gasteiger partial charge is 0.171 e. The molecule has 3 nitrogen and oxygen atoms in total. The Morgan fingerprint density at radius 1 is 1.26 bits per heavy atom. The van der Waals surface area contributed by atoms with Crippen LogP contribution < -0.4 is 5.32 Å². The van der Waals surface area contributed by atoms with Crippen molar-refractivity contribution in [3.8, 4) is 10.7 Å². The van der Waals surface area contributed by atoms with Gasteiger partial charge in [-0.25, -0.2) is 9.97 Å². The number of aromatic nitrogens is 2. The van der Waals surface area contributed by atoms with E-state index in [0.29, 0.717) is 5.92 Å². The van der Waals surface area contributed by atoms with E-state index in [1.165, 1.54) is 0 Å². The fourth-order valence-electron chi connectivity index (χ4n) is 1.68. The highest BCUT2D eigenvalue weighted by molar-refractivity contribution is 9.11. The second-order valence-electron chi connectivity index (χ2n) is 4.38. The maximum absolute atomic E-state index is 4.69. The fourth-order valence-corrected chi connectivity index (χ4v) is 3.77. The van der Waals surface area contributed by atoms with Gasteiger partial charge >= 0.3 is 0 Å². The van der Waals surface area contributed by atoms with Gasteiger partial charge in [-0.1, -0.05) is 13.8 Å². The second kappa shape index (κ2) is 6.33. The minimum absolute atomic E-state index is 0.344. The molecular formula is C13H15Br2N3S.